The van der Waals surface area contributed by atoms with E-state index < -0.39 is 27.5 Å². The number of sulfone groups is 1. The number of benzene rings is 3. The Labute approximate surface area is 197 Å². The molecule has 3 aromatic carbocycles. The monoisotopic (exact) mass is 481 g/mol. The Morgan fingerprint density at radius 2 is 1.70 bits per heavy atom. The van der Waals surface area contributed by atoms with Crippen LogP contribution in [0.2, 0.25) is 0 Å². The van der Waals surface area contributed by atoms with Crippen LogP contribution in [0.5, 0.6) is 5.75 Å². The second-order valence-electron chi connectivity index (χ2n) is 7.49. The van der Waals surface area contributed by atoms with Gasteiger partial charge in [-0.1, -0.05) is 42.5 Å². The first-order chi connectivity index (χ1) is 15.9. The summed E-state index contributed by atoms with van der Waals surface area (Å²) in [6.07, 6.45) is 1.94. The second kappa shape index (κ2) is 9.33. The van der Waals surface area contributed by atoms with Crippen LogP contribution in [0, 0.1) is 0 Å². The van der Waals surface area contributed by atoms with Crippen LogP contribution >= 0.6 is 11.8 Å². The summed E-state index contributed by atoms with van der Waals surface area (Å²) in [6.45, 7) is 0.100. The Kier molecular flexibility index (Phi) is 6.49. The predicted molar refractivity (Wildman–Crippen MR) is 128 cm³/mol. The van der Waals surface area contributed by atoms with Crippen LogP contribution in [0.3, 0.4) is 0 Å². The lowest BCUT2D eigenvalue weighted by Gasteiger charge is -2.27. The van der Waals surface area contributed by atoms with Crippen molar-refractivity contribution in [2.45, 2.75) is 22.4 Å². The van der Waals surface area contributed by atoms with Crippen LogP contribution in [-0.2, 0) is 21.2 Å². The van der Waals surface area contributed by atoms with E-state index in [2.05, 4.69) is 0 Å². The highest BCUT2D eigenvalue weighted by Crippen LogP contribution is 2.43. The minimum atomic E-state index is -4.13. The molecule has 1 aliphatic rings. The lowest BCUT2D eigenvalue weighted by atomic mass is 10.1. The van der Waals surface area contributed by atoms with E-state index in [1.54, 1.807) is 67.4 Å². The molecule has 4 rings (SSSR count). The fraction of sp³-hybridized carbons (Fsp3) is 0.160. The molecule has 6 nitrogen and oxygen atoms in total. The SMILES string of the molecule is COc1cccc(CN2C(=O)C(O)=C(S(=O)(=O)c3ccccc3)[C@H]2c2ccc(SC)cc2)c1. The Hall–Kier alpha value is -3.23. The third kappa shape index (κ3) is 4.36. The van der Waals surface area contributed by atoms with E-state index in [-0.39, 0.29) is 16.3 Å². The molecule has 0 saturated carbocycles. The molecular weight excluding hydrogens is 458 g/mol. The number of aliphatic hydroxyl groups is 1. The highest BCUT2D eigenvalue weighted by atomic mass is 32.2. The third-order valence-corrected chi connectivity index (χ3v) is 8.15. The standard InChI is InChI=1S/C25H23NO5S2/c1-31-19-8-6-7-17(15-19)16-26-22(18-11-13-20(32-2)14-12-18)24(23(27)25(26)28)33(29,30)21-9-4-3-5-10-21/h3-15,22,27H,16H2,1-2H3/t22-/m1/s1. The Morgan fingerprint density at radius 3 is 2.33 bits per heavy atom. The molecule has 0 unspecified atom stereocenters. The van der Waals surface area contributed by atoms with Gasteiger partial charge in [0, 0.05) is 11.4 Å². The van der Waals surface area contributed by atoms with Gasteiger partial charge in [-0.25, -0.2) is 8.42 Å². The van der Waals surface area contributed by atoms with Crippen LogP contribution in [0.4, 0.5) is 0 Å². The number of methoxy groups -OCH3 is 1. The van der Waals surface area contributed by atoms with E-state index in [4.69, 9.17) is 4.74 Å². The normalized spacial score (nSPS) is 16.4. The molecule has 8 heteroatoms. The molecule has 1 aliphatic heterocycles. The lowest BCUT2D eigenvalue weighted by molar-refractivity contribution is -0.130. The van der Waals surface area contributed by atoms with Gasteiger partial charge in [0.1, 0.15) is 10.7 Å². The van der Waals surface area contributed by atoms with Gasteiger partial charge in [-0.3, -0.25) is 4.79 Å². The molecule has 1 amide bonds. The van der Waals surface area contributed by atoms with Crippen molar-refractivity contribution in [1.29, 1.82) is 0 Å². The molecule has 33 heavy (non-hydrogen) atoms. The number of ether oxygens (including phenoxy) is 1. The first-order valence-electron chi connectivity index (χ1n) is 10.2. The highest BCUT2D eigenvalue weighted by molar-refractivity contribution is 7.98. The zero-order valence-corrected chi connectivity index (χ0v) is 19.8. The van der Waals surface area contributed by atoms with E-state index in [1.807, 2.05) is 24.5 Å². The Morgan fingerprint density at radius 1 is 1.00 bits per heavy atom. The number of hydrogen-bond acceptors (Lipinski definition) is 6. The lowest BCUT2D eigenvalue weighted by Crippen LogP contribution is -2.30. The van der Waals surface area contributed by atoms with Gasteiger partial charge in [0.05, 0.1) is 18.0 Å². The predicted octanol–water partition coefficient (Wildman–Crippen LogP) is 4.74. The van der Waals surface area contributed by atoms with Crippen LogP contribution in [-0.4, -0.2) is 37.7 Å². The van der Waals surface area contributed by atoms with Crippen LogP contribution < -0.4 is 4.74 Å². The van der Waals surface area contributed by atoms with Gasteiger partial charge in [0.25, 0.3) is 5.91 Å². The smallest absolute Gasteiger partial charge is 0.290 e. The number of rotatable bonds is 7. The van der Waals surface area contributed by atoms with Gasteiger partial charge in [-0.05, 0) is 53.8 Å². The largest absolute Gasteiger partial charge is 0.502 e. The number of nitrogens with zero attached hydrogens (tertiary/aromatic N) is 1. The molecule has 1 atom stereocenters. The van der Waals surface area contributed by atoms with Gasteiger partial charge < -0.3 is 14.7 Å². The second-order valence-corrected chi connectivity index (χ2v) is 10.3. The summed E-state index contributed by atoms with van der Waals surface area (Å²) in [4.78, 5) is 15.3. The summed E-state index contributed by atoms with van der Waals surface area (Å²) in [5.41, 5.74) is 1.35. The molecule has 3 aromatic rings. The van der Waals surface area contributed by atoms with Crippen molar-refractivity contribution < 1.29 is 23.1 Å². The van der Waals surface area contributed by atoms with Gasteiger partial charge >= 0.3 is 0 Å². The van der Waals surface area contributed by atoms with Crippen molar-refractivity contribution in [3.63, 3.8) is 0 Å². The van der Waals surface area contributed by atoms with Crippen molar-refractivity contribution in [2.24, 2.45) is 0 Å². The van der Waals surface area contributed by atoms with E-state index in [1.165, 1.54) is 17.0 Å². The zero-order chi connectivity index (χ0) is 23.6. The molecule has 0 radical (unpaired) electrons. The van der Waals surface area contributed by atoms with E-state index >= 15 is 0 Å². The van der Waals surface area contributed by atoms with Crippen molar-refractivity contribution in [1.82, 2.24) is 4.90 Å². The third-order valence-electron chi connectivity index (χ3n) is 5.52. The van der Waals surface area contributed by atoms with Crippen molar-refractivity contribution in [3.05, 3.63) is 101 Å². The molecule has 1 N–H and O–H groups in total. The van der Waals surface area contributed by atoms with Gasteiger partial charge in [0.15, 0.2) is 5.76 Å². The van der Waals surface area contributed by atoms with Crippen LogP contribution in [0.15, 0.2) is 99.3 Å². The van der Waals surface area contributed by atoms with Crippen LogP contribution in [0.1, 0.15) is 17.2 Å². The first-order valence-corrected chi connectivity index (χ1v) is 12.9. The van der Waals surface area contributed by atoms with E-state index in [9.17, 15) is 18.3 Å². The molecule has 0 bridgehead atoms. The summed E-state index contributed by atoms with van der Waals surface area (Å²) in [7, 11) is -2.58. The Bertz CT molecular complexity index is 1300. The summed E-state index contributed by atoms with van der Waals surface area (Å²) in [5, 5.41) is 10.8. The quantitative estimate of drug-likeness (QED) is 0.491. The topological polar surface area (TPSA) is 83.9 Å². The van der Waals surface area contributed by atoms with Crippen molar-refractivity contribution in [2.75, 3.05) is 13.4 Å². The maximum Gasteiger partial charge on any atom is 0.290 e. The number of carbonyl (C=O) groups is 1. The average Bonchev–Trinajstić information content (AvgIpc) is 3.10. The van der Waals surface area contributed by atoms with Gasteiger partial charge in [-0.2, -0.15) is 0 Å². The zero-order valence-electron chi connectivity index (χ0n) is 18.1. The summed E-state index contributed by atoms with van der Waals surface area (Å²) in [6, 6.07) is 21.4. The molecule has 170 valence electrons. The minimum Gasteiger partial charge on any atom is -0.502 e. The van der Waals surface area contributed by atoms with Crippen molar-refractivity contribution in [3.8, 4) is 5.75 Å². The summed E-state index contributed by atoms with van der Waals surface area (Å²) >= 11 is 1.56. The average molecular weight is 482 g/mol. The number of aliphatic hydroxyl groups excluding tert-OH is 1. The maximum atomic E-state index is 13.6. The van der Waals surface area contributed by atoms with E-state index in [0.29, 0.717) is 11.3 Å². The number of carbonyl (C=O) groups excluding carboxylic acids is 1. The number of amides is 1. The van der Waals surface area contributed by atoms with Crippen LogP contribution in [0.25, 0.3) is 0 Å². The number of hydrogen-bond donors (Lipinski definition) is 1. The molecule has 0 spiro atoms. The van der Waals surface area contributed by atoms with Gasteiger partial charge in [0.2, 0.25) is 9.84 Å². The molecule has 0 saturated heterocycles. The fourth-order valence-corrected chi connectivity index (χ4v) is 5.96. The molecule has 0 aliphatic carbocycles. The summed E-state index contributed by atoms with van der Waals surface area (Å²) in [5.74, 6) is -0.860. The highest BCUT2D eigenvalue weighted by Gasteiger charge is 2.46. The maximum absolute atomic E-state index is 13.6. The minimum absolute atomic E-state index is 0.0216. The summed E-state index contributed by atoms with van der Waals surface area (Å²) < 4.78 is 32.4. The van der Waals surface area contributed by atoms with E-state index in [0.717, 1.165) is 10.5 Å². The van der Waals surface area contributed by atoms with Crippen molar-refractivity contribution >= 4 is 27.5 Å². The number of thioether (sulfide) groups is 1. The van der Waals surface area contributed by atoms with Gasteiger partial charge in [-0.15, -0.1) is 11.8 Å². The molecular formula is C25H23NO5S2. The Balaban J connectivity index is 1.84. The fourth-order valence-electron chi connectivity index (χ4n) is 3.88. The first kappa shape index (κ1) is 22.9. The molecule has 0 fully saturated rings. The molecule has 1 heterocycles. The molecule has 0 aromatic heterocycles.